The van der Waals surface area contributed by atoms with Crippen LogP contribution in [-0.4, -0.2) is 13.0 Å². The smallest absolute Gasteiger partial charge is 0.225 e. The second-order valence-electron chi connectivity index (χ2n) is 5.94. The minimum Gasteiger partial charge on any atom is -0.497 e. The normalized spacial score (nSPS) is 16.2. The summed E-state index contributed by atoms with van der Waals surface area (Å²) < 4.78 is 6.27. The maximum atomic E-state index is 12.4. The summed E-state index contributed by atoms with van der Waals surface area (Å²) in [5.41, 5.74) is 4.23. The van der Waals surface area contributed by atoms with Crippen LogP contribution in [0.25, 0.3) is 11.1 Å². The molecule has 0 spiro atoms. The molecule has 3 aromatic rings. The van der Waals surface area contributed by atoms with Crippen LogP contribution in [-0.2, 0) is 4.79 Å². The molecule has 0 saturated heterocycles. The summed E-state index contributed by atoms with van der Waals surface area (Å²) in [6, 6.07) is 16.1. The van der Waals surface area contributed by atoms with Crippen LogP contribution in [0.4, 0.5) is 5.69 Å². The van der Waals surface area contributed by atoms with Gasteiger partial charge in [0.25, 0.3) is 0 Å². The van der Waals surface area contributed by atoms with Crippen LogP contribution in [0.15, 0.2) is 58.4 Å². The van der Waals surface area contributed by atoms with E-state index in [1.807, 2.05) is 42.5 Å². The average molecular weight is 414 g/mol. The number of nitrogens with one attached hydrogen (secondary N) is 1. The number of carbonyl (C=O) groups is 1. The molecule has 2 aromatic carbocycles. The number of thiophene rings is 1. The molecular formula is C20H16BrNO2S. The number of carbonyl (C=O) groups excluding carboxylic acids is 1. The highest BCUT2D eigenvalue weighted by molar-refractivity contribution is 9.10. The van der Waals surface area contributed by atoms with E-state index < -0.39 is 0 Å². The SMILES string of the molecule is COc1ccc(-c2csc3c2NC(=O)C[C@H]3c2ccccc2Br)cc1. The number of halogens is 1. The number of anilines is 1. The molecule has 1 amide bonds. The Hall–Kier alpha value is -2.11. The summed E-state index contributed by atoms with van der Waals surface area (Å²) >= 11 is 5.33. The molecule has 126 valence electrons. The molecule has 3 nitrogen and oxygen atoms in total. The van der Waals surface area contributed by atoms with Gasteiger partial charge < -0.3 is 10.1 Å². The van der Waals surface area contributed by atoms with E-state index in [0.29, 0.717) is 6.42 Å². The lowest BCUT2D eigenvalue weighted by molar-refractivity contribution is -0.116. The standard InChI is InChI=1S/C20H16BrNO2S/c1-24-13-8-6-12(7-9-13)16-11-25-20-15(10-18(23)22-19(16)20)14-4-2-3-5-17(14)21/h2-9,11,15H,10H2,1H3,(H,22,23)/t15-/m0/s1. The number of ether oxygens (including phenoxy) is 1. The number of hydrogen-bond donors (Lipinski definition) is 1. The van der Waals surface area contributed by atoms with Crippen molar-refractivity contribution in [3.63, 3.8) is 0 Å². The molecule has 5 heteroatoms. The third kappa shape index (κ3) is 2.98. The lowest BCUT2D eigenvalue weighted by Crippen LogP contribution is -2.22. The van der Waals surface area contributed by atoms with E-state index >= 15 is 0 Å². The highest BCUT2D eigenvalue weighted by atomic mass is 79.9. The molecule has 0 radical (unpaired) electrons. The van der Waals surface area contributed by atoms with Crippen molar-refractivity contribution in [3.8, 4) is 16.9 Å². The third-order valence-electron chi connectivity index (χ3n) is 4.47. The van der Waals surface area contributed by atoms with E-state index in [4.69, 9.17) is 4.74 Å². The molecule has 25 heavy (non-hydrogen) atoms. The van der Waals surface area contributed by atoms with E-state index in [2.05, 4.69) is 32.7 Å². The van der Waals surface area contributed by atoms with Crippen LogP contribution >= 0.6 is 27.3 Å². The summed E-state index contributed by atoms with van der Waals surface area (Å²) in [6.45, 7) is 0. The van der Waals surface area contributed by atoms with E-state index in [1.54, 1.807) is 18.4 Å². The summed E-state index contributed by atoms with van der Waals surface area (Å²) in [6.07, 6.45) is 0.470. The Labute approximate surface area is 158 Å². The number of fused-ring (bicyclic) bond motifs is 1. The summed E-state index contributed by atoms with van der Waals surface area (Å²) in [4.78, 5) is 13.6. The fourth-order valence-corrected chi connectivity index (χ4v) is 4.93. The van der Waals surface area contributed by atoms with Gasteiger partial charge in [0.2, 0.25) is 5.91 Å². The summed E-state index contributed by atoms with van der Waals surface area (Å²) in [7, 11) is 1.66. The van der Waals surface area contributed by atoms with Gasteiger partial charge in [0, 0.05) is 32.6 Å². The number of hydrogen-bond acceptors (Lipinski definition) is 3. The third-order valence-corrected chi connectivity index (χ3v) is 6.29. The van der Waals surface area contributed by atoms with Crippen molar-refractivity contribution < 1.29 is 9.53 Å². The molecule has 0 aliphatic carbocycles. The Bertz CT molecular complexity index is 933. The predicted octanol–water partition coefficient (Wildman–Crippen LogP) is 5.66. The molecule has 1 atom stereocenters. The quantitative estimate of drug-likeness (QED) is 0.601. The Morgan fingerprint density at radius 3 is 2.64 bits per heavy atom. The van der Waals surface area contributed by atoms with Gasteiger partial charge in [-0.25, -0.2) is 0 Å². The van der Waals surface area contributed by atoms with Crippen molar-refractivity contribution in [2.45, 2.75) is 12.3 Å². The van der Waals surface area contributed by atoms with E-state index in [9.17, 15) is 4.79 Å². The highest BCUT2D eigenvalue weighted by Crippen LogP contribution is 2.47. The first-order valence-corrected chi connectivity index (χ1v) is 9.64. The van der Waals surface area contributed by atoms with Crippen molar-refractivity contribution in [3.05, 3.63) is 68.8 Å². The van der Waals surface area contributed by atoms with E-state index in [-0.39, 0.29) is 11.8 Å². The zero-order chi connectivity index (χ0) is 17.4. The summed E-state index contributed by atoms with van der Waals surface area (Å²) in [5.74, 6) is 0.959. The average Bonchev–Trinajstić information content (AvgIpc) is 3.05. The Morgan fingerprint density at radius 2 is 1.92 bits per heavy atom. The minimum atomic E-state index is 0.0569. The van der Waals surface area contributed by atoms with Crippen LogP contribution in [0.5, 0.6) is 5.75 Å². The lowest BCUT2D eigenvalue weighted by Gasteiger charge is -2.24. The number of amides is 1. The van der Waals surface area contributed by atoms with Gasteiger partial charge in [-0.05, 0) is 29.3 Å². The fraction of sp³-hybridized carbons (Fsp3) is 0.150. The van der Waals surface area contributed by atoms with Crippen molar-refractivity contribution in [2.24, 2.45) is 0 Å². The number of rotatable bonds is 3. The molecule has 0 bridgehead atoms. The van der Waals surface area contributed by atoms with Gasteiger partial charge in [-0.3, -0.25) is 4.79 Å². The van der Waals surface area contributed by atoms with Gasteiger partial charge >= 0.3 is 0 Å². The zero-order valence-corrected chi connectivity index (χ0v) is 16.0. The molecule has 1 aromatic heterocycles. The first-order valence-electron chi connectivity index (χ1n) is 7.97. The van der Waals surface area contributed by atoms with Gasteiger partial charge in [0.1, 0.15) is 5.75 Å². The van der Waals surface area contributed by atoms with Crippen LogP contribution < -0.4 is 10.1 Å². The molecule has 4 rings (SSSR count). The second kappa shape index (κ2) is 6.65. The highest BCUT2D eigenvalue weighted by Gasteiger charge is 2.31. The Balaban J connectivity index is 1.80. The monoisotopic (exact) mass is 413 g/mol. The van der Waals surface area contributed by atoms with Gasteiger partial charge in [-0.1, -0.05) is 46.3 Å². The molecule has 0 saturated carbocycles. The van der Waals surface area contributed by atoms with Gasteiger partial charge in [-0.2, -0.15) is 0 Å². The predicted molar refractivity (Wildman–Crippen MR) is 106 cm³/mol. The minimum absolute atomic E-state index is 0.0569. The zero-order valence-electron chi connectivity index (χ0n) is 13.6. The molecule has 1 aliphatic heterocycles. The molecule has 2 heterocycles. The first kappa shape index (κ1) is 16.4. The first-order chi connectivity index (χ1) is 12.2. The Morgan fingerprint density at radius 1 is 1.16 bits per heavy atom. The molecule has 1 N–H and O–H groups in total. The van der Waals surface area contributed by atoms with Crippen LogP contribution in [0, 0.1) is 0 Å². The van der Waals surface area contributed by atoms with Crippen LogP contribution in [0.3, 0.4) is 0 Å². The Kier molecular flexibility index (Phi) is 4.36. The molecule has 0 fully saturated rings. The number of benzene rings is 2. The van der Waals surface area contributed by atoms with E-state index in [0.717, 1.165) is 32.6 Å². The van der Waals surface area contributed by atoms with Crippen molar-refractivity contribution in [1.82, 2.24) is 0 Å². The molecular weight excluding hydrogens is 398 g/mol. The van der Waals surface area contributed by atoms with Crippen LogP contribution in [0.2, 0.25) is 0 Å². The largest absolute Gasteiger partial charge is 0.497 e. The van der Waals surface area contributed by atoms with E-state index in [1.165, 1.54) is 4.88 Å². The lowest BCUT2D eigenvalue weighted by atomic mass is 9.89. The molecule has 1 aliphatic rings. The van der Waals surface area contributed by atoms with Gasteiger partial charge in [0.15, 0.2) is 0 Å². The number of methoxy groups -OCH3 is 1. The van der Waals surface area contributed by atoms with Crippen molar-refractivity contribution in [2.75, 3.05) is 12.4 Å². The maximum absolute atomic E-state index is 12.4. The van der Waals surface area contributed by atoms with Crippen LogP contribution in [0.1, 0.15) is 22.8 Å². The second-order valence-corrected chi connectivity index (χ2v) is 7.71. The van der Waals surface area contributed by atoms with Crippen molar-refractivity contribution in [1.29, 1.82) is 0 Å². The van der Waals surface area contributed by atoms with Crippen molar-refractivity contribution >= 4 is 38.9 Å². The maximum Gasteiger partial charge on any atom is 0.225 e. The van der Waals surface area contributed by atoms with Gasteiger partial charge in [0.05, 0.1) is 12.8 Å². The summed E-state index contributed by atoms with van der Waals surface area (Å²) in [5, 5.41) is 5.21. The molecule has 0 unspecified atom stereocenters. The fourth-order valence-electron chi connectivity index (χ4n) is 3.22. The van der Waals surface area contributed by atoms with Gasteiger partial charge in [-0.15, -0.1) is 11.3 Å². The topological polar surface area (TPSA) is 38.3 Å².